The molecular weight excluding hydrogens is 300 g/mol. The van der Waals surface area contributed by atoms with Gasteiger partial charge in [-0.3, -0.25) is 4.79 Å². The predicted molar refractivity (Wildman–Crippen MR) is 90.5 cm³/mol. The molecule has 1 amide bonds. The van der Waals surface area contributed by atoms with E-state index in [1.54, 1.807) is 6.07 Å². The molecule has 0 atom stereocenters. The summed E-state index contributed by atoms with van der Waals surface area (Å²) in [6.45, 7) is 2.54. The highest BCUT2D eigenvalue weighted by atomic mass is 35.5. The summed E-state index contributed by atoms with van der Waals surface area (Å²) < 4.78 is 5.60. The number of furan rings is 1. The molecule has 22 heavy (non-hydrogen) atoms. The van der Waals surface area contributed by atoms with Crippen LogP contribution in [0.15, 0.2) is 28.7 Å². The summed E-state index contributed by atoms with van der Waals surface area (Å²) in [4.78, 5) is 12.2. The van der Waals surface area contributed by atoms with Gasteiger partial charge in [-0.05, 0) is 38.0 Å². The van der Waals surface area contributed by atoms with Crippen LogP contribution in [-0.4, -0.2) is 18.0 Å². The first-order valence-corrected chi connectivity index (χ1v) is 7.63. The lowest BCUT2D eigenvalue weighted by atomic mass is 9.82. The maximum absolute atomic E-state index is 12.2. The lowest BCUT2D eigenvalue weighted by Gasteiger charge is -2.33. The normalized spacial score (nSPS) is 17.0. The number of aryl methyl sites for hydroxylation is 1. The molecule has 0 bridgehead atoms. The highest BCUT2D eigenvalue weighted by Gasteiger charge is 2.28. The number of hydrogen-bond acceptors (Lipinski definition) is 3. The molecule has 1 heterocycles. The maximum atomic E-state index is 12.2. The van der Waals surface area contributed by atoms with Crippen LogP contribution in [0.2, 0.25) is 0 Å². The van der Waals surface area contributed by atoms with Crippen LogP contribution in [0.1, 0.15) is 48.2 Å². The molecule has 4 nitrogen and oxygen atoms in total. The van der Waals surface area contributed by atoms with E-state index in [0.717, 1.165) is 42.2 Å². The summed E-state index contributed by atoms with van der Waals surface area (Å²) in [6, 6.07) is 7.68. The lowest BCUT2D eigenvalue weighted by molar-refractivity contribution is 0.0912. The Hall–Kier alpha value is -1.52. The standard InChI is InChI=1S/C17H22N2O2.ClH/c1-12-5-6-14-13(9-12)10-15(21-14)16(20)19-11-17(18)7-3-2-4-8-17;/h5-6,9-10H,2-4,7-8,11,18H2,1H3,(H,19,20);1H. The number of fused-ring (bicyclic) bond motifs is 1. The van der Waals surface area contributed by atoms with E-state index >= 15 is 0 Å². The van der Waals surface area contributed by atoms with Crippen molar-refractivity contribution in [3.8, 4) is 0 Å². The zero-order valence-electron chi connectivity index (χ0n) is 12.9. The predicted octanol–water partition coefficient (Wildman–Crippen LogP) is 3.55. The van der Waals surface area contributed by atoms with Gasteiger partial charge in [-0.1, -0.05) is 30.9 Å². The van der Waals surface area contributed by atoms with Crippen molar-refractivity contribution >= 4 is 29.3 Å². The van der Waals surface area contributed by atoms with Crippen molar-refractivity contribution in [2.75, 3.05) is 6.54 Å². The van der Waals surface area contributed by atoms with Gasteiger partial charge in [0, 0.05) is 17.5 Å². The molecule has 1 aliphatic carbocycles. The molecule has 120 valence electrons. The Morgan fingerprint density at radius 1 is 1.27 bits per heavy atom. The number of carbonyl (C=O) groups is 1. The molecule has 1 aromatic heterocycles. The minimum Gasteiger partial charge on any atom is -0.451 e. The summed E-state index contributed by atoms with van der Waals surface area (Å²) in [5.41, 5.74) is 7.97. The molecule has 0 saturated heterocycles. The molecule has 0 spiro atoms. The van der Waals surface area contributed by atoms with Crippen LogP contribution in [0, 0.1) is 6.92 Å². The number of nitrogens with two attached hydrogens (primary N) is 1. The number of benzene rings is 1. The first kappa shape index (κ1) is 16.8. The second-order valence-electron chi connectivity index (χ2n) is 6.26. The first-order chi connectivity index (χ1) is 10.1. The van der Waals surface area contributed by atoms with Crippen molar-refractivity contribution < 1.29 is 9.21 Å². The Labute approximate surface area is 136 Å². The van der Waals surface area contributed by atoms with Gasteiger partial charge in [-0.2, -0.15) is 0 Å². The van der Waals surface area contributed by atoms with Crippen molar-refractivity contribution in [3.05, 3.63) is 35.6 Å². The molecule has 1 fully saturated rings. The van der Waals surface area contributed by atoms with Gasteiger partial charge in [0.1, 0.15) is 5.58 Å². The average Bonchev–Trinajstić information content (AvgIpc) is 2.88. The molecule has 1 aromatic carbocycles. The van der Waals surface area contributed by atoms with E-state index in [-0.39, 0.29) is 23.9 Å². The topological polar surface area (TPSA) is 68.3 Å². The van der Waals surface area contributed by atoms with E-state index in [1.807, 2.05) is 25.1 Å². The van der Waals surface area contributed by atoms with Crippen LogP contribution in [0.4, 0.5) is 0 Å². The minimum atomic E-state index is -0.253. The Kier molecular flexibility index (Phi) is 5.14. The zero-order valence-corrected chi connectivity index (χ0v) is 13.7. The zero-order chi connectivity index (χ0) is 14.9. The van der Waals surface area contributed by atoms with Crippen LogP contribution < -0.4 is 11.1 Å². The van der Waals surface area contributed by atoms with E-state index in [0.29, 0.717) is 12.3 Å². The van der Waals surface area contributed by atoms with Crippen LogP contribution in [-0.2, 0) is 0 Å². The smallest absolute Gasteiger partial charge is 0.287 e. The lowest BCUT2D eigenvalue weighted by Crippen LogP contribution is -2.51. The summed E-state index contributed by atoms with van der Waals surface area (Å²) >= 11 is 0. The maximum Gasteiger partial charge on any atom is 0.287 e. The number of amides is 1. The van der Waals surface area contributed by atoms with Crippen LogP contribution in [0.3, 0.4) is 0 Å². The Bertz CT molecular complexity index is 660. The van der Waals surface area contributed by atoms with Gasteiger partial charge in [-0.15, -0.1) is 12.4 Å². The molecule has 0 aliphatic heterocycles. The molecule has 0 radical (unpaired) electrons. The molecule has 1 saturated carbocycles. The summed E-state index contributed by atoms with van der Waals surface area (Å²) in [6.07, 6.45) is 5.50. The second-order valence-corrected chi connectivity index (χ2v) is 6.26. The fourth-order valence-corrected chi connectivity index (χ4v) is 3.05. The second kappa shape index (κ2) is 6.71. The number of nitrogens with one attached hydrogen (secondary N) is 1. The van der Waals surface area contributed by atoms with Crippen LogP contribution in [0.25, 0.3) is 11.0 Å². The van der Waals surface area contributed by atoms with Gasteiger partial charge < -0.3 is 15.5 Å². The quantitative estimate of drug-likeness (QED) is 0.908. The minimum absolute atomic E-state index is 0. The number of halogens is 1. The monoisotopic (exact) mass is 322 g/mol. The van der Waals surface area contributed by atoms with Crippen LogP contribution >= 0.6 is 12.4 Å². The summed E-state index contributed by atoms with van der Waals surface area (Å²) in [7, 11) is 0. The molecule has 3 N–H and O–H groups in total. The number of rotatable bonds is 3. The van der Waals surface area contributed by atoms with Gasteiger partial charge in [0.25, 0.3) is 5.91 Å². The van der Waals surface area contributed by atoms with Crippen molar-refractivity contribution in [1.82, 2.24) is 5.32 Å². The average molecular weight is 323 g/mol. The third kappa shape index (κ3) is 3.62. The van der Waals surface area contributed by atoms with Gasteiger partial charge in [-0.25, -0.2) is 0 Å². The van der Waals surface area contributed by atoms with E-state index in [9.17, 15) is 4.79 Å². The van der Waals surface area contributed by atoms with Crippen LogP contribution in [0.5, 0.6) is 0 Å². The van der Waals surface area contributed by atoms with E-state index in [4.69, 9.17) is 10.2 Å². The SMILES string of the molecule is Cc1ccc2oc(C(=O)NCC3(N)CCCCC3)cc2c1.Cl. The third-order valence-corrected chi connectivity index (χ3v) is 4.35. The molecule has 5 heteroatoms. The Morgan fingerprint density at radius 3 is 2.73 bits per heavy atom. The number of carbonyl (C=O) groups excluding carboxylic acids is 1. The van der Waals surface area contributed by atoms with E-state index in [1.165, 1.54) is 6.42 Å². The van der Waals surface area contributed by atoms with Crippen molar-refractivity contribution in [3.63, 3.8) is 0 Å². The largest absolute Gasteiger partial charge is 0.451 e. The van der Waals surface area contributed by atoms with Gasteiger partial charge in [0.2, 0.25) is 0 Å². The Morgan fingerprint density at radius 2 is 2.00 bits per heavy atom. The molecule has 3 rings (SSSR count). The van der Waals surface area contributed by atoms with Crippen molar-refractivity contribution in [1.29, 1.82) is 0 Å². The third-order valence-electron chi connectivity index (χ3n) is 4.35. The van der Waals surface area contributed by atoms with E-state index in [2.05, 4.69) is 5.32 Å². The van der Waals surface area contributed by atoms with E-state index < -0.39 is 0 Å². The first-order valence-electron chi connectivity index (χ1n) is 7.63. The fourth-order valence-electron chi connectivity index (χ4n) is 3.05. The molecular formula is C17H23ClN2O2. The molecule has 0 unspecified atom stereocenters. The fraction of sp³-hybridized carbons (Fsp3) is 0.471. The summed E-state index contributed by atoms with van der Waals surface area (Å²) in [5.74, 6) is 0.175. The molecule has 2 aromatic rings. The highest BCUT2D eigenvalue weighted by molar-refractivity contribution is 5.96. The molecule has 1 aliphatic rings. The Balaban J connectivity index is 0.00000176. The highest BCUT2D eigenvalue weighted by Crippen LogP contribution is 2.25. The van der Waals surface area contributed by atoms with Gasteiger partial charge >= 0.3 is 0 Å². The van der Waals surface area contributed by atoms with Crippen molar-refractivity contribution in [2.45, 2.75) is 44.6 Å². The van der Waals surface area contributed by atoms with Gasteiger partial charge in [0.05, 0.1) is 0 Å². The van der Waals surface area contributed by atoms with Gasteiger partial charge in [0.15, 0.2) is 5.76 Å². The number of hydrogen-bond donors (Lipinski definition) is 2. The van der Waals surface area contributed by atoms with Crippen molar-refractivity contribution in [2.24, 2.45) is 5.73 Å². The summed E-state index contributed by atoms with van der Waals surface area (Å²) in [5, 5.41) is 3.89.